The van der Waals surface area contributed by atoms with E-state index in [1.165, 1.54) is 0 Å². The molecule has 0 aliphatic heterocycles. The molecule has 1 atom stereocenters. The standard InChI is InChI=1S/C12H22N4S/c1-8(6-7-17-5)14-12-9(2)11(13-4)15-10(3)16-12/h8H,6-7H2,1-5H3,(H2,13,14,15,16). The highest BCUT2D eigenvalue weighted by Crippen LogP contribution is 2.20. The largest absolute Gasteiger partial charge is 0.373 e. The Bertz CT molecular complexity index is 368. The number of rotatable bonds is 6. The Labute approximate surface area is 108 Å². The van der Waals surface area contributed by atoms with E-state index in [4.69, 9.17) is 0 Å². The van der Waals surface area contributed by atoms with Gasteiger partial charge in [-0.05, 0) is 39.2 Å². The number of hydrogen-bond donors (Lipinski definition) is 2. The molecule has 0 radical (unpaired) electrons. The van der Waals surface area contributed by atoms with Crippen LogP contribution in [-0.4, -0.2) is 35.1 Å². The number of nitrogens with zero attached hydrogens (tertiary/aromatic N) is 2. The van der Waals surface area contributed by atoms with Gasteiger partial charge in [0.1, 0.15) is 17.5 Å². The first-order valence-corrected chi connectivity index (χ1v) is 7.26. The molecular formula is C12H22N4S. The molecule has 0 aromatic carbocycles. The molecule has 1 rings (SSSR count). The lowest BCUT2D eigenvalue weighted by molar-refractivity contribution is 0.763. The van der Waals surface area contributed by atoms with Gasteiger partial charge in [-0.3, -0.25) is 0 Å². The van der Waals surface area contributed by atoms with Gasteiger partial charge in [0.25, 0.3) is 0 Å². The molecule has 96 valence electrons. The van der Waals surface area contributed by atoms with E-state index in [2.05, 4.69) is 33.8 Å². The first-order chi connectivity index (χ1) is 8.08. The minimum absolute atomic E-state index is 0.431. The summed E-state index contributed by atoms with van der Waals surface area (Å²) in [4.78, 5) is 8.82. The average molecular weight is 254 g/mol. The molecule has 5 heteroatoms. The van der Waals surface area contributed by atoms with Crippen molar-refractivity contribution in [3.8, 4) is 0 Å². The lowest BCUT2D eigenvalue weighted by Gasteiger charge is -2.17. The molecule has 0 fully saturated rings. The van der Waals surface area contributed by atoms with Gasteiger partial charge in [0.15, 0.2) is 0 Å². The Hall–Kier alpha value is -0.970. The van der Waals surface area contributed by atoms with Crippen molar-refractivity contribution in [1.82, 2.24) is 9.97 Å². The smallest absolute Gasteiger partial charge is 0.134 e. The Kier molecular flexibility index (Phi) is 5.55. The van der Waals surface area contributed by atoms with Crippen molar-refractivity contribution in [2.45, 2.75) is 33.2 Å². The van der Waals surface area contributed by atoms with Crippen LogP contribution in [-0.2, 0) is 0 Å². The van der Waals surface area contributed by atoms with Gasteiger partial charge in [-0.2, -0.15) is 11.8 Å². The minimum Gasteiger partial charge on any atom is -0.373 e. The van der Waals surface area contributed by atoms with Crippen molar-refractivity contribution in [1.29, 1.82) is 0 Å². The van der Waals surface area contributed by atoms with E-state index < -0.39 is 0 Å². The van der Waals surface area contributed by atoms with Crippen molar-refractivity contribution < 1.29 is 0 Å². The van der Waals surface area contributed by atoms with Gasteiger partial charge in [-0.25, -0.2) is 9.97 Å². The van der Waals surface area contributed by atoms with Crippen LogP contribution in [0.4, 0.5) is 11.6 Å². The maximum atomic E-state index is 4.46. The van der Waals surface area contributed by atoms with Crippen LogP contribution >= 0.6 is 11.8 Å². The average Bonchev–Trinajstić information content (AvgIpc) is 2.30. The predicted molar refractivity (Wildman–Crippen MR) is 77.1 cm³/mol. The number of nitrogens with one attached hydrogen (secondary N) is 2. The van der Waals surface area contributed by atoms with Gasteiger partial charge in [0, 0.05) is 18.7 Å². The third-order valence-corrected chi connectivity index (χ3v) is 3.28. The molecule has 0 spiro atoms. The van der Waals surface area contributed by atoms with E-state index in [0.717, 1.165) is 35.2 Å². The first kappa shape index (κ1) is 14.1. The second-order valence-electron chi connectivity index (χ2n) is 4.17. The van der Waals surface area contributed by atoms with Crippen LogP contribution in [0.2, 0.25) is 0 Å². The molecule has 17 heavy (non-hydrogen) atoms. The summed E-state index contributed by atoms with van der Waals surface area (Å²) < 4.78 is 0. The van der Waals surface area contributed by atoms with Crippen LogP contribution in [0.25, 0.3) is 0 Å². The van der Waals surface area contributed by atoms with Crippen molar-refractivity contribution in [2.75, 3.05) is 29.7 Å². The normalized spacial score (nSPS) is 12.3. The molecule has 1 heterocycles. The molecule has 0 saturated heterocycles. The zero-order valence-corrected chi connectivity index (χ0v) is 12.1. The SMILES string of the molecule is CNc1nc(C)nc(NC(C)CCSC)c1C. The lowest BCUT2D eigenvalue weighted by atomic mass is 10.2. The molecule has 0 bridgehead atoms. The molecule has 0 aliphatic rings. The van der Waals surface area contributed by atoms with Gasteiger partial charge >= 0.3 is 0 Å². The molecule has 1 aromatic rings. The molecule has 0 aliphatic carbocycles. The summed E-state index contributed by atoms with van der Waals surface area (Å²) in [5.41, 5.74) is 1.08. The fourth-order valence-electron chi connectivity index (χ4n) is 1.61. The molecule has 0 saturated carbocycles. The summed E-state index contributed by atoms with van der Waals surface area (Å²) in [6.07, 6.45) is 3.27. The van der Waals surface area contributed by atoms with Crippen LogP contribution in [0, 0.1) is 13.8 Å². The van der Waals surface area contributed by atoms with Gasteiger partial charge in [0.05, 0.1) is 0 Å². The number of anilines is 2. The molecule has 4 nitrogen and oxygen atoms in total. The third kappa shape index (κ3) is 4.07. The van der Waals surface area contributed by atoms with Crippen molar-refractivity contribution >= 4 is 23.4 Å². The quantitative estimate of drug-likeness (QED) is 0.817. The minimum atomic E-state index is 0.431. The van der Waals surface area contributed by atoms with Crippen LogP contribution in [0.3, 0.4) is 0 Å². The van der Waals surface area contributed by atoms with E-state index in [1.807, 2.05) is 32.7 Å². The summed E-state index contributed by atoms with van der Waals surface area (Å²) in [5.74, 6) is 3.79. The first-order valence-electron chi connectivity index (χ1n) is 5.87. The summed E-state index contributed by atoms with van der Waals surface area (Å²) in [6.45, 7) is 6.14. The van der Waals surface area contributed by atoms with Crippen molar-refractivity contribution in [3.05, 3.63) is 11.4 Å². The summed E-state index contributed by atoms with van der Waals surface area (Å²) in [7, 11) is 1.88. The number of thioether (sulfide) groups is 1. The summed E-state index contributed by atoms with van der Waals surface area (Å²) in [5, 5.41) is 6.55. The Morgan fingerprint density at radius 1 is 1.24 bits per heavy atom. The monoisotopic (exact) mass is 254 g/mol. The van der Waals surface area contributed by atoms with Crippen molar-refractivity contribution in [2.24, 2.45) is 0 Å². The summed E-state index contributed by atoms with van der Waals surface area (Å²) >= 11 is 1.87. The van der Waals surface area contributed by atoms with Crippen LogP contribution < -0.4 is 10.6 Å². The van der Waals surface area contributed by atoms with E-state index in [1.54, 1.807) is 0 Å². The van der Waals surface area contributed by atoms with E-state index in [9.17, 15) is 0 Å². The van der Waals surface area contributed by atoms with E-state index in [-0.39, 0.29) is 0 Å². The Morgan fingerprint density at radius 3 is 2.47 bits per heavy atom. The van der Waals surface area contributed by atoms with E-state index in [0.29, 0.717) is 6.04 Å². The fourth-order valence-corrected chi connectivity index (χ4v) is 2.20. The fraction of sp³-hybridized carbons (Fsp3) is 0.667. The van der Waals surface area contributed by atoms with Gasteiger partial charge < -0.3 is 10.6 Å². The highest BCUT2D eigenvalue weighted by atomic mass is 32.2. The maximum Gasteiger partial charge on any atom is 0.134 e. The van der Waals surface area contributed by atoms with Gasteiger partial charge in [-0.1, -0.05) is 0 Å². The van der Waals surface area contributed by atoms with E-state index >= 15 is 0 Å². The molecule has 1 unspecified atom stereocenters. The summed E-state index contributed by atoms with van der Waals surface area (Å²) in [6, 6.07) is 0.431. The highest BCUT2D eigenvalue weighted by molar-refractivity contribution is 7.98. The highest BCUT2D eigenvalue weighted by Gasteiger charge is 2.10. The number of aromatic nitrogens is 2. The zero-order chi connectivity index (χ0) is 12.8. The van der Waals surface area contributed by atoms with Gasteiger partial charge in [0.2, 0.25) is 0 Å². The Morgan fingerprint density at radius 2 is 1.88 bits per heavy atom. The second-order valence-corrected chi connectivity index (χ2v) is 5.16. The van der Waals surface area contributed by atoms with Crippen molar-refractivity contribution in [3.63, 3.8) is 0 Å². The van der Waals surface area contributed by atoms with Crippen LogP contribution in [0.15, 0.2) is 0 Å². The zero-order valence-electron chi connectivity index (χ0n) is 11.3. The number of hydrogen-bond acceptors (Lipinski definition) is 5. The molecule has 1 aromatic heterocycles. The maximum absolute atomic E-state index is 4.46. The molecular weight excluding hydrogens is 232 g/mol. The molecule has 2 N–H and O–H groups in total. The Balaban J connectivity index is 2.79. The van der Waals surface area contributed by atoms with Crippen LogP contribution in [0.1, 0.15) is 24.7 Å². The predicted octanol–water partition coefficient (Wildman–Crippen LogP) is 2.69. The number of aryl methyl sites for hydroxylation is 1. The second kappa shape index (κ2) is 6.69. The lowest BCUT2D eigenvalue weighted by Crippen LogP contribution is -2.18. The van der Waals surface area contributed by atoms with Gasteiger partial charge in [-0.15, -0.1) is 0 Å². The molecule has 0 amide bonds. The van der Waals surface area contributed by atoms with Crippen LogP contribution in [0.5, 0.6) is 0 Å². The third-order valence-electron chi connectivity index (χ3n) is 2.63. The topological polar surface area (TPSA) is 49.8 Å².